The van der Waals surface area contributed by atoms with Crippen molar-refractivity contribution in [3.63, 3.8) is 0 Å². The van der Waals surface area contributed by atoms with Crippen LogP contribution in [0.25, 0.3) is 22.2 Å². The van der Waals surface area contributed by atoms with Crippen molar-refractivity contribution >= 4 is 34.5 Å². The van der Waals surface area contributed by atoms with Crippen molar-refractivity contribution in [1.29, 1.82) is 0 Å². The normalized spacial score (nSPS) is 14.2. The number of hydrogen-bond donors (Lipinski definition) is 0. The van der Waals surface area contributed by atoms with Crippen molar-refractivity contribution < 1.29 is 14.3 Å². The molecule has 0 unspecified atom stereocenters. The molecule has 4 rings (SSSR count). The van der Waals surface area contributed by atoms with Gasteiger partial charge in [0.25, 0.3) is 5.91 Å². The molecule has 1 aromatic carbocycles. The van der Waals surface area contributed by atoms with Gasteiger partial charge in [0, 0.05) is 54.9 Å². The maximum absolute atomic E-state index is 13.1. The zero-order valence-electron chi connectivity index (χ0n) is 19.1. The highest BCUT2D eigenvalue weighted by molar-refractivity contribution is 6.35. The van der Waals surface area contributed by atoms with E-state index in [2.05, 4.69) is 18.9 Å². The number of carbonyl (C=O) groups excluding carboxylic acids is 2. The molecule has 0 spiro atoms. The molecule has 3 heterocycles. The van der Waals surface area contributed by atoms with Crippen LogP contribution in [0.4, 0.5) is 4.79 Å². The number of carbonyl (C=O) groups is 2. The van der Waals surface area contributed by atoms with Gasteiger partial charge in [-0.05, 0) is 38.5 Å². The summed E-state index contributed by atoms with van der Waals surface area (Å²) in [4.78, 5) is 33.3. The smallest absolute Gasteiger partial charge is 0.409 e. The lowest BCUT2D eigenvalue weighted by atomic mass is 10.1. The molecule has 174 valence electrons. The highest BCUT2D eigenvalue weighted by Crippen LogP contribution is 2.29. The molecule has 8 nitrogen and oxygen atoms in total. The Morgan fingerprint density at radius 3 is 2.52 bits per heavy atom. The lowest BCUT2D eigenvalue weighted by molar-refractivity contribution is 0.0560. The maximum atomic E-state index is 13.1. The van der Waals surface area contributed by atoms with E-state index < -0.39 is 0 Å². The number of piperazine rings is 1. The Bertz CT molecular complexity index is 1170. The second kappa shape index (κ2) is 9.79. The molecule has 1 aliphatic rings. The Labute approximate surface area is 198 Å². The van der Waals surface area contributed by atoms with Crippen molar-refractivity contribution in [2.75, 3.05) is 32.8 Å². The quantitative estimate of drug-likeness (QED) is 0.544. The summed E-state index contributed by atoms with van der Waals surface area (Å²) >= 11 is 6.53. The Hall–Kier alpha value is -3.13. The summed E-state index contributed by atoms with van der Waals surface area (Å²) < 4.78 is 7.06. The van der Waals surface area contributed by atoms with Crippen molar-refractivity contribution in [3.05, 3.63) is 47.2 Å². The standard InChI is InChI=1S/C24H28ClN5O3/c1-4-11-33-24(32)29-9-7-28(8-10-29)23(31)17-5-6-19-20(25)13-21(27-22(19)12-17)18-14-26-30(15-18)16(2)3/h5-6,12-16H,4,7-11H2,1-3H3. The molecule has 33 heavy (non-hydrogen) atoms. The first kappa shape index (κ1) is 23.0. The van der Waals surface area contributed by atoms with Gasteiger partial charge >= 0.3 is 6.09 Å². The monoisotopic (exact) mass is 469 g/mol. The van der Waals surface area contributed by atoms with Crippen molar-refractivity contribution in [2.24, 2.45) is 0 Å². The number of ether oxygens (including phenoxy) is 1. The van der Waals surface area contributed by atoms with Crippen LogP contribution in [0, 0.1) is 0 Å². The predicted octanol–water partition coefficient (Wildman–Crippen LogP) is 4.64. The topological polar surface area (TPSA) is 80.6 Å². The highest BCUT2D eigenvalue weighted by atomic mass is 35.5. The van der Waals surface area contributed by atoms with E-state index in [4.69, 9.17) is 21.3 Å². The highest BCUT2D eigenvalue weighted by Gasteiger charge is 2.26. The van der Waals surface area contributed by atoms with Crippen LogP contribution < -0.4 is 0 Å². The number of hydrogen-bond acceptors (Lipinski definition) is 5. The largest absolute Gasteiger partial charge is 0.449 e. The summed E-state index contributed by atoms with van der Waals surface area (Å²) in [6.45, 7) is 8.31. The molecule has 0 N–H and O–H groups in total. The molecule has 0 radical (unpaired) electrons. The molecule has 9 heteroatoms. The molecule has 3 aromatic rings. The summed E-state index contributed by atoms with van der Waals surface area (Å²) in [5, 5.41) is 5.74. The van der Waals surface area contributed by atoms with E-state index in [1.54, 1.807) is 28.1 Å². The number of fused-ring (bicyclic) bond motifs is 1. The van der Waals surface area contributed by atoms with Crippen LogP contribution in [0.1, 0.15) is 43.6 Å². The minimum atomic E-state index is -0.318. The fraction of sp³-hybridized carbons (Fsp3) is 0.417. The number of pyridine rings is 1. The van der Waals surface area contributed by atoms with Gasteiger partial charge in [-0.25, -0.2) is 9.78 Å². The second-order valence-corrected chi connectivity index (χ2v) is 8.82. The van der Waals surface area contributed by atoms with E-state index in [1.165, 1.54) is 0 Å². The Kier molecular flexibility index (Phi) is 6.83. The molecular formula is C24H28ClN5O3. The van der Waals surface area contributed by atoms with Gasteiger partial charge in [-0.15, -0.1) is 0 Å². The average Bonchev–Trinajstić information content (AvgIpc) is 3.32. The third-order valence-corrected chi connectivity index (χ3v) is 6.00. The van der Waals surface area contributed by atoms with Gasteiger partial charge in [0.2, 0.25) is 0 Å². The molecule has 2 amide bonds. The van der Waals surface area contributed by atoms with Gasteiger partial charge in [-0.1, -0.05) is 24.6 Å². The lowest BCUT2D eigenvalue weighted by Gasteiger charge is -2.34. The number of nitrogens with zero attached hydrogens (tertiary/aromatic N) is 5. The summed E-state index contributed by atoms with van der Waals surface area (Å²) in [5.41, 5.74) is 2.78. The summed E-state index contributed by atoms with van der Waals surface area (Å²) in [6.07, 6.45) is 4.17. The predicted molar refractivity (Wildman–Crippen MR) is 127 cm³/mol. The van der Waals surface area contributed by atoms with E-state index in [1.807, 2.05) is 29.9 Å². The van der Waals surface area contributed by atoms with Gasteiger partial charge in [-0.2, -0.15) is 5.10 Å². The van der Waals surface area contributed by atoms with E-state index in [9.17, 15) is 9.59 Å². The molecule has 2 aromatic heterocycles. The van der Waals surface area contributed by atoms with Crippen LogP contribution in [0.3, 0.4) is 0 Å². The number of amides is 2. The summed E-state index contributed by atoms with van der Waals surface area (Å²) in [5.74, 6) is -0.0885. The molecule has 0 atom stereocenters. The molecule has 1 fully saturated rings. The molecular weight excluding hydrogens is 442 g/mol. The van der Waals surface area contributed by atoms with Crippen LogP contribution in [-0.2, 0) is 4.74 Å². The minimum Gasteiger partial charge on any atom is -0.449 e. The van der Waals surface area contributed by atoms with Crippen LogP contribution in [0.2, 0.25) is 5.02 Å². The Morgan fingerprint density at radius 2 is 1.85 bits per heavy atom. The van der Waals surface area contributed by atoms with Crippen LogP contribution in [-0.4, -0.2) is 69.4 Å². The van der Waals surface area contributed by atoms with Gasteiger partial charge in [0.15, 0.2) is 0 Å². The van der Waals surface area contributed by atoms with Gasteiger partial charge in [0.05, 0.1) is 29.0 Å². The Morgan fingerprint density at radius 1 is 1.12 bits per heavy atom. The third-order valence-electron chi connectivity index (χ3n) is 5.69. The van der Waals surface area contributed by atoms with E-state index in [-0.39, 0.29) is 18.0 Å². The SMILES string of the molecule is CCCOC(=O)N1CCN(C(=O)c2ccc3c(Cl)cc(-c4cnn(C(C)C)c4)nc3c2)CC1. The van der Waals surface area contributed by atoms with Gasteiger partial charge in [-0.3, -0.25) is 9.48 Å². The van der Waals surface area contributed by atoms with Crippen LogP contribution >= 0.6 is 11.6 Å². The van der Waals surface area contributed by atoms with E-state index in [0.717, 1.165) is 17.4 Å². The summed E-state index contributed by atoms with van der Waals surface area (Å²) in [6, 6.07) is 7.45. The first-order chi connectivity index (χ1) is 15.9. The number of benzene rings is 1. The van der Waals surface area contributed by atoms with E-state index in [0.29, 0.717) is 54.6 Å². The zero-order valence-corrected chi connectivity index (χ0v) is 19.9. The zero-order chi connectivity index (χ0) is 23.5. The van der Waals surface area contributed by atoms with Crippen molar-refractivity contribution in [1.82, 2.24) is 24.6 Å². The number of rotatable bonds is 5. The molecule has 0 saturated carbocycles. The van der Waals surface area contributed by atoms with Gasteiger partial charge in [0.1, 0.15) is 0 Å². The van der Waals surface area contributed by atoms with Crippen LogP contribution in [0.15, 0.2) is 36.7 Å². The van der Waals surface area contributed by atoms with Crippen LogP contribution in [0.5, 0.6) is 0 Å². The molecule has 1 saturated heterocycles. The fourth-order valence-corrected chi connectivity index (χ4v) is 4.04. The lowest BCUT2D eigenvalue weighted by Crippen LogP contribution is -2.50. The minimum absolute atomic E-state index is 0.0885. The van der Waals surface area contributed by atoms with Gasteiger partial charge < -0.3 is 14.5 Å². The third kappa shape index (κ3) is 4.95. The van der Waals surface area contributed by atoms with Crippen molar-refractivity contribution in [2.45, 2.75) is 33.2 Å². The number of halogens is 1. The molecule has 0 aliphatic carbocycles. The second-order valence-electron chi connectivity index (χ2n) is 8.42. The maximum Gasteiger partial charge on any atom is 0.409 e. The molecule has 1 aliphatic heterocycles. The fourth-order valence-electron chi connectivity index (χ4n) is 3.77. The average molecular weight is 470 g/mol. The first-order valence-electron chi connectivity index (χ1n) is 11.2. The number of aromatic nitrogens is 3. The van der Waals surface area contributed by atoms with E-state index >= 15 is 0 Å². The Balaban J connectivity index is 1.52. The summed E-state index contributed by atoms with van der Waals surface area (Å²) in [7, 11) is 0. The molecule has 0 bridgehead atoms. The first-order valence-corrected chi connectivity index (χ1v) is 11.6. The van der Waals surface area contributed by atoms with Crippen molar-refractivity contribution in [3.8, 4) is 11.3 Å².